The normalized spacial score (nSPS) is 17.9. The van der Waals surface area contributed by atoms with Crippen molar-refractivity contribution in [3.8, 4) is 11.9 Å². The number of nitrogens with one attached hydrogen (secondary N) is 2. The Morgan fingerprint density at radius 1 is 1.55 bits per heavy atom. The Bertz CT molecular complexity index is 533. The van der Waals surface area contributed by atoms with E-state index >= 15 is 0 Å². The molecule has 0 amide bonds. The first-order valence-corrected chi connectivity index (χ1v) is 6.92. The fraction of sp³-hybridized carbons (Fsp3) is 0.467. The maximum absolute atomic E-state index is 8.73. The van der Waals surface area contributed by atoms with Crippen LogP contribution >= 0.6 is 0 Å². The van der Waals surface area contributed by atoms with Crippen LogP contribution in [0.4, 0.5) is 0 Å². The van der Waals surface area contributed by atoms with Crippen molar-refractivity contribution in [3.63, 3.8) is 0 Å². The summed E-state index contributed by atoms with van der Waals surface area (Å²) >= 11 is 0. The molecular weight excluding hydrogens is 252 g/mol. The molecule has 5 heteroatoms. The largest absolute Gasteiger partial charge is 0.497 e. The average molecular weight is 272 g/mol. The van der Waals surface area contributed by atoms with Crippen molar-refractivity contribution < 1.29 is 4.74 Å². The molecule has 0 heterocycles. The summed E-state index contributed by atoms with van der Waals surface area (Å²) < 4.78 is 5.30. The number of nitrogens with zero attached hydrogens (tertiary/aromatic N) is 2. The number of aryl methyl sites for hydroxylation is 1. The van der Waals surface area contributed by atoms with Gasteiger partial charge >= 0.3 is 0 Å². The quantitative estimate of drug-likeness (QED) is 0.502. The van der Waals surface area contributed by atoms with Crippen molar-refractivity contribution in [2.24, 2.45) is 4.99 Å². The van der Waals surface area contributed by atoms with Crippen LogP contribution < -0.4 is 15.4 Å². The summed E-state index contributed by atoms with van der Waals surface area (Å²) in [5.41, 5.74) is 2.57. The van der Waals surface area contributed by atoms with Gasteiger partial charge in [0.2, 0.25) is 12.2 Å². The van der Waals surface area contributed by atoms with E-state index < -0.39 is 0 Å². The van der Waals surface area contributed by atoms with Gasteiger partial charge in [-0.25, -0.2) is 0 Å². The molecule has 5 nitrogen and oxygen atoms in total. The lowest BCUT2D eigenvalue weighted by molar-refractivity contribution is 0.411. The number of rotatable bonds is 3. The second-order valence-corrected chi connectivity index (χ2v) is 4.74. The van der Waals surface area contributed by atoms with Gasteiger partial charge in [0.15, 0.2) is 0 Å². The average Bonchev–Trinajstić information content (AvgIpc) is 2.47. The highest BCUT2D eigenvalue weighted by atomic mass is 16.5. The molecule has 0 fully saturated rings. The lowest BCUT2D eigenvalue weighted by Crippen LogP contribution is -2.40. The van der Waals surface area contributed by atoms with Crippen LogP contribution in [0.1, 0.15) is 36.9 Å². The van der Waals surface area contributed by atoms with Crippen molar-refractivity contribution in [2.75, 3.05) is 13.7 Å². The van der Waals surface area contributed by atoms with Crippen molar-refractivity contribution in [1.29, 1.82) is 5.26 Å². The van der Waals surface area contributed by atoms with Crippen molar-refractivity contribution in [1.82, 2.24) is 10.6 Å². The molecule has 2 N–H and O–H groups in total. The lowest BCUT2D eigenvalue weighted by Gasteiger charge is -2.28. The van der Waals surface area contributed by atoms with E-state index in [2.05, 4.69) is 27.8 Å². The third kappa shape index (κ3) is 3.21. The van der Waals surface area contributed by atoms with E-state index in [0.717, 1.165) is 31.6 Å². The SMILES string of the molecule is CCN/C(=N\C#N)NC1CCCc2ccc(OC)cc21. The van der Waals surface area contributed by atoms with Gasteiger partial charge in [-0.05, 0) is 49.4 Å². The van der Waals surface area contributed by atoms with Gasteiger partial charge in [0.25, 0.3) is 0 Å². The predicted molar refractivity (Wildman–Crippen MR) is 78.5 cm³/mol. The first-order chi connectivity index (χ1) is 9.78. The van der Waals surface area contributed by atoms with E-state index in [9.17, 15) is 0 Å². The highest BCUT2D eigenvalue weighted by molar-refractivity contribution is 5.81. The van der Waals surface area contributed by atoms with Gasteiger partial charge < -0.3 is 15.4 Å². The number of aliphatic imine (C=N–C) groups is 1. The molecule has 1 atom stereocenters. The Kier molecular flexibility index (Phi) is 4.83. The molecule has 0 radical (unpaired) electrons. The molecule has 1 aliphatic carbocycles. The molecule has 0 saturated heterocycles. The number of ether oxygens (including phenoxy) is 1. The van der Waals surface area contributed by atoms with Gasteiger partial charge in [0.05, 0.1) is 13.2 Å². The third-order valence-electron chi connectivity index (χ3n) is 3.48. The lowest BCUT2D eigenvalue weighted by atomic mass is 9.87. The van der Waals surface area contributed by atoms with Crippen LogP contribution in [-0.4, -0.2) is 19.6 Å². The number of methoxy groups -OCH3 is 1. The Morgan fingerprint density at radius 3 is 3.10 bits per heavy atom. The van der Waals surface area contributed by atoms with Crippen LogP contribution in [0.15, 0.2) is 23.2 Å². The van der Waals surface area contributed by atoms with Gasteiger partial charge in [-0.3, -0.25) is 0 Å². The number of fused-ring (bicyclic) bond motifs is 1. The molecule has 2 rings (SSSR count). The molecule has 1 unspecified atom stereocenters. The first-order valence-electron chi connectivity index (χ1n) is 6.92. The zero-order valence-corrected chi connectivity index (χ0v) is 11.9. The van der Waals surface area contributed by atoms with Crippen LogP contribution in [-0.2, 0) is 6.42 Å². The van der Waals surface area contributed by atoms with Crippen molar-refractivity contribution in [3.05, 3.63) is 29.3 Å². The highest BCUT2D eigenvalue weighted by Gasteiger charge is 2.21. The van der Waals surface area contributed by atoms with Crippen molar-refractivity contribution >= 4 is 5.96 Å². The molecule has 0 spiro atoms. The van der Waals surface area contributed by atoms with Crippen molar-refractivity contribution in [2.45, 2.75) is 32.2 Å². The molecule has 1 aromatic carbocycles. The van der Waals surface area contributed by atoms with Crippen LogP contribution in [0, 0.1) is 11.5 Å². The van der Waals surface area contributed by atoms with Gasteiger partial charge in [0.1, 0.15) is 5.75 Å². The van der Waals surface area contributed by atoms with Gasteiger partial charge in [0, 0.05) is 6.54 Å². The molecule has 106 valence electrons. The van der Waals surface area contributed by atoms with E-state index in [0.29, 0.717) is 5.96 Å². The minimum absolute atomic E-state index is 0.167. The van der Waals surface area contributed by atoms with Gasteiger partial charge in [-0.15, -0.1) is 4.99 Å². The van der Waals surface area contributed by atoms with Crippen LogP contribution in [0.25, 0.3) is 0 Å². The molecule has 0 saturated carbocycles. The maximum atomic E-state index is 8.73. The van der Waals surface area contributed by atoms with Crippen LogP contribution in [0.5, 0.6) is 5.75 Å². The second kappa shape index (κ2) is 6.80. The predicted octanol–water partition coefficient (Wildman–Crippen LogP) is 2.11. The molecular formula is C15H20N4O. The van der Waals surface area contributed by atoms with E-state index in [1.54, 1.807) is 7.11 Å². The summed E-state index contributed by atoms with van der Waals surface area (Å²) in [5, 5.41) is 15.1. The minimum Gasteiger partial charge on any atom is -0.497 e. The summed E-state index contributed by atoms with van der Waals surface area (Å²) in [6.45, 7) is 2.71. The van der Waals surface area contributed by atoms with E-state index in [1.165, 1.54) is 11.1 Å². The second-order valence-electron chi connectivity index (χ2n) is 4.74. The Balaban J connectivity index is 2.23. The monoisotopic (exact) mass is 272 g/mol. The van der Waals surface area contributed by atoms with E-state index in [1.807, 2.05) is 19.2 Å². The highest BCUT2D eigenvalue weighted by Crippen LogP contribution is 2.32. The molecule has 0 aromatic heterocycles. The summed E-state index contributed by atoms with van der Waals surface area (Å²) in [4.78, 5) is 3.79. The van der Waals surface area contributed by atoms with Crippen LogP contribution in [0.3, 0.4) is 0 Å². The number of guanidine groups is 1. The number of hydrogen-bond acceptors (Lipinski definition) is 3. The smallest absolute Gasteiger partial charge is 0.209 e. The number of hydrogen-bond donors (Lipinski definition) is 2. The third-order valence-corrected chi connectivity index (χ3v) is 3.48. The minimum atomic E-state index is 0.167. The van der Waals surface area contributed by atoms with E-state index in [4.69, 9.17) is 10.00 Å². The number of nitriles is 1. The molecule has 20 heavy (non-hydrogen) atoms. The zero-order chi connectivity index (χ0) is 14.4. The standard InChI is InChI=1S/C15H20N4O/c1-3-17-15(18-10-16)19-14-6-4-5-11-7-8-12(20-2)9-13(11)14/h7-9,14H,3-6H2,1-2H3,(H2,17,18,19). The molecule has 0 aliphatic heterocycles. The fourth-order valence-electron chi connectivity index (χ4n) is 2.56. The topological polar surface area (TPSA) is 69.4 Å². The summed E-state index contributed by atoms with van der Waals surface area (Å²) in [6, 6.07) is 6.36. The van der Waals surface area contributed by atoms with E-state index in [-0.39, 0.29) is 6.04 Å². The Hall–Kier alpha value is -2.22. The summed E-state index contributed by atoms with van der Waals surface area (Å²) in [6.07, 6.45) is 5.07. The zero-order valence-electron chi connectivity index (χ0n) is 11.9. The number of benzene rings is 1. The Labute approximate surface area is 119 Å². The molecule has 1 aromatic rings. The molecule has 0 bridgehead atoms. The van der Waals surface area contributed by atoms with Gasteiger partial charge in [-0.2, -0.15) is 5.26 Å². The first kappa shape index (κ1) is 14.2. The summed E-state index contributed by atoms with van der Waals surface area (Å²) in [5.74, 6) is 1.40. The maximum Gasteiger partial charge on any atom is 0.209 e. The molecule has 1 aliphatic rings. The fourth-order valence-corrected chi connectivity index (χ4v) is 2.56. The van der Waals surface area contributed by atoms with Crippen LogP contribution in [0.2, 0.25) is 0 Å². The Morgan fingerprint density at radius 2 is 2.40 bits per heavy atom. The summed E-state index contributed by atoms with van der Waals surface area (Å²) in [7, 11) is 1.67. The van der Waals surface area contributed by atoms with Gasteiger partial charge in [-0.1, -0.05) is 6.07 Å².